The van der Waals surface area contributed by atoms with Crippen molar-refractivity contribution in [2.75, 3.05) is 37.8 Å². The van der Waals surface area contributed by atoms with Crippen LogP contribution in [0.15, 0.2) is 41.7 Å². The van der Waals surface area contributed by atoms with Crippen molar-refractivity contribution >= 4 is 59.1 Å². The van der Waals surface area contributed by atoms with Gasteiger partial charge in [0.2, 0.25) is 5.91 Å². The van der Waals surface area contributed by atoms with Crippen molar-refractivity contribution in [3.8, 4) is 5.75 Å². The van der Waals surface area contributed by atoms with E-state index in [1.807, 2.05) is 30.5 Å². The van der Waals surface area contributed by atoms with Crippen LogP contribution in [0.4, 0.5) is 10.1 Å². The van der Waals surface area contributed by atoms with Gasteiger partial charge in [0.15, 0.2) is 0 Å². The third-order valence-electron chi connectivity index (χ3n) is 6.52. The lowest BCUT2D eigenvalue weighted by molar-refractivity contribution is -0.113. The number of methoxy groups -OCH3 is 1. The molecule has 5 rings (SSSR count). The summed E-state index contributed by atoms with van der Waals surface area (Å²) in [4.78, 5) is 22.7. The number of halogens is 3. The fraction of sp³-hybridized carbons (Fsp3) is 0.400. The maximum Gasteiger partial charge on any atom is 0.234 e. The smallest absolute Gasteiger partial charge is 0.234 e. The number of carbonyl (C=O) groups excluding carboxylic acids is 1. The molecule has 2 aliphatic heterocycles. The Morgan fingerprint density at radius 3 is 2.78 bits per heavy atom. The molecule has 0 bridgehead atoms. The molecule has 7 nitrogen and oxygen atoms in total. The molecule has 2 aliphatic rings. The number of benzene rings is 1. The Balaban J connectivity index is 0.00000180. The SMILES string of the molecule is COc1ccc2ncc(F)c(CCN3CCC(NCc4cnc5c(c4)NC(=O)CS5)CC3)c2c1.Cl.Cl. The molecular weight excluding hydrogens is 524 g/mol. The number of anilines is 1. The number of pyridine rings is 2. The summed E-state index contributed by atoms with van der Waals surface area (Å²) in [5, 5.41) is 8.23. The second-order valence-corrected chi connectivity index (χ2v) is 9.71. The number of rotatable bonds is 7. The number of hydrogen-bond donors (Lipinski definition) is 2. The number of nitrogens with zero attached hydrogens (tertiary/aromatic N) is 3. The van der Waals surface area contributed by atoms with Crippen LogP contribution in [0.3, 0.4) is 0 Å². The van der Waals surface area contributed by atoms with Gasteiger partial charge >= 0.3 is 0 Å². The van der Waals surface area contributed by atoms with E-state index in [1.165, 1.54) is 18.0 Å². The summed E-state index contributed by atoms with van der Waals surface area (Å²) in [5.74, 6) is 0.901. The average molecular weight is 555 g/mol. The van der Waals surface area contributed by atoms with Gasteiger partial charge in [-0.1, -0.05) is 11.8 Å². The van der Waals surface area contributed by atoms with Crippen LogP contribution in [-0.4, -0.2) is 59.3 Å². The van der Waals surface area contributed by atoms with Gasteiger partial charge in [-0.15, -0.1) is 24.8 Å². The van der Waals surface area contributed by atoms with Crippen molar-refractivity contribution in [3.05, 3.63) is 53.6 Å². The average Bonchev–Trinajstić information content (AvgIpc) is 2.87. The number of aromatic nitrogens is 2. The van der Waals surface area contributed by atoms with Crippen LogP contribution < -0.4 is 15.4 Å². The van der Waals surface area contributed by atoms with Crippen LogP contribution in [0.1, 0.15) is 24.0 Å². The highest BCUT2D eigenvalue weighted by Crippen LogP contribution is 2.30. The quantitative estimate of drug-likeness (QED) is 0.447. The normalized spacial score (nSPS) is 16.0. The second-order valence-electron chi connectivity index (χ2n) is 8.75. The molecule has 0 saturated carbocycles. The van der Waals surface area contributed by atoms with E-state index in [-0.39, 0.29) is 36.5 Å². The van der Waals surface area contributed by atoms with Crippen LogP contribution >= 0.6 is 36.6 Å². The molecule has 2 N–H and O–H groups in total. The van der Waals surface area contributed by atoms with Crippen molar-refractivity contribution in [1.29, 1.82) is 0 Å². The molecule has 1 aromatic carbocycles. The molecule has 0 radical (unpaired) electrons. The van der Waals surface area contributed by atoms with Gasteiger partial charge in [0, 0.05) is 36.3 Å². The van der Waals surface area contributed by atoms with E-state index in [2.05, 4.69) is 25.5 Å². The van der Waals surface area contributed by atoms with E-state index in [9.17, 15) is 9.18 Å². The molecule has 0 unspecified atom stereocenters. The van der Waals surface area contributed by atoms with Crippen LogP contribution in [0.5, 0.6) is 5.75 Å². The molecule has 1 amide bonds. The highest BCUT2D eigenvalue weighted by Gasteiger charge is 2.21. The van der Waals surface area contributed by atoms with Crippen LogP contribution in [0.2, 0.25) is 0 Å². The van der Waals surface area contributed by atoms with Crippen LogP contribution in [0.25, 0.3) is 10.9 Å². The number of carbonyl (C=O) groups is 1. The van der Waals surface area contributed by atoms with Gasteiger partial charge in [0.25, 0.3) is 0 Å². The predicted molar refractivity (Wildman–Crippen MR) is 146 cm³/mol. The highest BCUT2D eigenvalue weighted by molar-refractivity contribution is 8.00. The summed E-state index contributed by atoms with van der Waals surface area (Å²) in [6, 6.07) is 8.04. The highest BCUT2D eigenvalue weighted by atomic mass is 35.5. The topological polar surface area (TPSA) is 79.4 Å². The fourth-order valence-corrected chi connectivity index (χ4v) is 5.33. The summed E-state index contributed by atoms with van der Waals surface area (Å²) < 4.78 is 19.9. The Labute approximate surface area is 226 Å². The van der Waals surface area contributed by atoms with Gasteiger partial charge < -0.3 is 20.3 Å². The molecule has 0 atom stereocenters. The van der Waals surface area contributed by atoms with Crippen molar-refractivity contribution in [1.82, 2.24) is 20.2 Å². The summed E-state index contributed by atoms with van der Waals surface area (Å²) in [6.07, 6.45) is 5.92. The largest absolute Gasteiger partial charge is 0.497 e. The minimum absolute atomic E-state index is 0. The fourth-order valence-electron chi connectivity index (χ4n) is 4.59. The van der Waals surface area contributed by atoms with E-state index in [4.69, 9.17) is 4.74 Å². The molecule has 1 saturated heterocycles. The Kier molecular flexibility index (Phi) is 10.2. The van der Waals surface area contributed by atoms with Crippen LogP contribution in [-0.2, 0) is 17.8 Å². The molecule has 0 spiro atoms. The third-order valence-corrected chi connectivity index (χ3v) is 7.52. The summed E-state index contributed by atoms with van der Waals surface area (Å²) in [5.41, 5.74) is 3.37. The van der Waals surface area contributed by atoms with E-state index >= 15 is 0 Å². The first-order valence-corrected chi connectivity index (χ1v) is 12.6. The lowest BCUT2D eigenvalue weighted by atomic mass is 10.0. The number of fused-ring (bicyclic) bond motifs is 2. The predicted octanol–water partition coefficient (Wildman–Crippen LogP) is 4.46. The van der Waals surface area contributed by atoms with Gasteiger partial charge in [-0.2, -0.15) is 0 Å². The molecule has 2 aromatic heterocycles. The maximum absolute atomic E-state index is 14.6. The number of piperidine rings is 1. The number of likely N-dealkylation sites (tertiary alicyclic amines) is 1. The third kappa shape index (κ3) is 6.58. The van der Waals surface area contributed by atoms with E-state index < -0.39 is 0 Å². The molecular formula is C25H30Cl2FN5O2S. The lowest BCUT2D eigenvalue weighted by Crippen LogP contribution is -2.42. The van der Waals surface area contributed by atoms with Crippen molar-refractivity contribution in [3.63, 3.8) is 0 Å². The summed E-state index contributed by atoms with van der Waals surface area (Å²) in [6.45, 7) is 3.48. The monoisotopic (exact) mass is 553 g/mol. The number of nitrogens with one attached hydrogen (secondary N) is 2. The van der Waals surface area contributed by atoms with Gasteiger partial charge in [-0.25, -0.2) is 9.37 Å². The minimum atomic E-state index is -0.259. The number of ether oxygens (including phenoxy) is 1. The zero-order chi connectivity index (χ0) is 23.5. The standard InChI is InChI=1S/C25H28FN5O2S.2ClH/c1-33-18-2-3-22-20(11-18)19(21(26)14-28-22)6-9-31-7-4-17(5-8-31)27-12-16-10-23-25(29-13-16)34-15-24(32)30-23;;/h2-3,10-11,13-14,17,27H,4-9,12,15H2,1H3,(H,30,32);2*1H. The second kappa shape index (κ2) is 12.9. The van der Waals surface area contributed by atoms with Gasteiger partial charge in [-0.3, -0.25) is 9.78 Å². The van der Waals surface area contributed by atoms with E-state index in [0.717, 1.165) is 66.2 Å². The molecule has 1 fully saturated rings. The van der Waals surface area contributed by atoms with Gasteiger partial charge in [-0.05, 0) is 62.2 Å². The first-order chi connectivity index (χ1) is 16.6. The van der Waals surface area contributed by atoms with E-state index in [0.29, 0.717) is 29.5 Å². The lowest BCUT2D eigenvalue weighted by Gasteiger charge is -2.32. The minimum Gasteiger partial charge on any atom is -0.497 e. The van der Waals surface area contributed by atoms with Crippen molar-refractivity contribution in [2.45, 2.75) is 36.9 Å². The number of thioether (sulfide) groups is 1. The Hall–Kier alpha value is -2.17. The van der Waals surface area contributed by atoms with Crippen molar-refractivity contribution in [2.24, 2.45) is 0 Å². The molecule has 194 valence electrons. The Morgan fingerprint density at radius 2 is 2.00 bits per heavy atom. The zero-order valence-electron chi connectivity index (χ0n) is 20.0. The summed E-state index contributed by atoms with van der Waals surface area (Å²) in [7, 11) is 1.62. The summed E-state index contributed by atoms with van der Waals surface area (Å²) >= 11 is 1.48. The van der Waals surface area contributed by atoms with Gasteiger partial charge in [0.05, 0.1) is 30.3 Å². The van der Waals surface area contributed by atoms with Crippen molar-refractivity contribution < 1.29 is 13.9 Å². The number of hydrogen-bond acceptors (Lipinski definition) is 7. The molecule has 3 aromatic rings. The molecule has 36 heavy (non-hydrogen) atoms. The maximum atomic E-state index is 14.6. The molecule has 0 aliphatic carbocycles. The zero-order valence-corrected chi connectivity index (χ0v) is 22.4. The first-order valence-electron chi connectivity index (χ1n) is 11.6. The van der Waals surface area contributed by atoms with Gasteiger partial charge in [0.1, 0.15) is 16.6 Å². The van der Waals surface area contributed by atoms with E-state index in [1.54, 1.807) is 7.11 Å². The Morgan fingerprint density at radius 1 is 1.19 bits per heavy atom. The molecule has 11 heteroatoms. The number of amides is 1. The molecule has 4 heterocycles. The first kappa shape index (κ1) is 28.4. The van der Waals surface area contributed by atoms with Crippen LogP contribution in [0, 0.1) is 5.82 Å². The Bertz CT molecular complexity index is 1210.